The van der Waals surface area contributed by atoms with Gasteiger partial charge in [0.05, 0.1) is 0 Å². The zero-order valence-corrected chi connectivity index (χ0v) is 6.18. The van der Waals surface area contributed by atoms with Crippen LogP contribution in [0.5, 0.6) is 0 Å². The van der Waals surface area contributed by atoms with Gasteiger partial charge in [-0.05, 0) is 19.4 Å². The van der Waals surface area contributed by atoms with Crippen molar-refractivity contribution in [2.45, 2.75) is 26.0 Å². The van der Waals surface area contributed by atoms with E-state index >= 15 is 0 Å². The Kier molecular flexibility index (Phi) is 3.50. The van der Waals surface area contributed by atoms with Gasteiger partial charge < -0.3 is 10.5 Å². The number of rotatable bonds is 4. The Bertz CT molecular complexity index is 92.9. The van der Waals surface area contributed by atoms with Gasteiger partial charge in [0.2, 0.25) is 0 Å². The maximum atomic E-state index is 5.67. The molecule has 2 nitrogen and oxygen atoms in total. The van der Waals surface area contributed by atoms with Gasteiger partial charge in [-0.2, -0.15) is 0 Å². The van der Waals surface area contributed by atoms with Crippen LogP contribution in [0, 0.1) is 0 Å². The molecule has 0 saturated heterocycles. The highest BCUT2D eigenvalue weighted by Crippen LogP contribution is 2.07. The van der Waals surface area contributed by atoms with Crippen molar-refractivity contribution in [3.8, 4) is 0 Å². The van der Waals surface area contributed by atoms with Gasteiger partial charge in [-0.15, -0.1) is 0 Å². The van der Waals surface area contributed by atoms with Gasteiger partial charge in [0, 0.05) is 6.61 Å². The highest BCUT2D eigenvalue weighted by molar-refractivity contribution is 4.90. The number of ether oxygens (including phenoxy) is 1. The summed E-state index contributed by atoms with van der Waals surface area (Å²) in [5.41, 5.74) is 5.06. The fourth-order valence-electron chi connectivity index (χ4n) is 0.574. The van der Waals surface area contributed by atoms with Crippen molar-refractivity contribution in [2.24, 2.45) is 5.73 Å². The second-order valence-electron chi connectivity index (χ2n) is 1.95. The van der Waals surface area contributed by atoms with E-state index in [-0.39, 0.29) is 0 Å². The molecule has 0 saturated carbocycles. The summed E-state index contributed by atoms with van der Waals surface area (Å²) in [5.74, 6) is 0. The van der Waals surface area contributed by atoms with E-state index in [0.29, 0.717) is 6.61 Å². The van der Waals surface area contributed by atoms with E-state index in [1.165, 1.54) is 0 Å². The largest absolute Gasteiger partial charge is 0.358 e. The normalized spacial score (nSPS) is 16.8. The zero-order chi connectivity index (χ0) is 7.33. The van der Waals surface area contributed by atoms with Crippen LogP contribution in [0.2, 0.25) is 0 Å². The first-order valence-corrected chi connectivity index (χ1v) is 3.25. The molecule has 1 unspecified atom stereocenters. The van der Waals surface area contributed by atoms with E-state index in [1.807, 2.05) is 13.8 Å². The molecule has 2 heteroatoms. The molecule has 0 spiro atoms. The Morgan fingerprint density at radius 3 is 2.33 bits per heavy atom. The predicted molar refractivity (Wildman–Crippen MR) is 39.0 cm³/mol. The Balaban J connectivity index is 3.76. The minimum Gasteiger partial charge on any atom is -0.358 e. The summed E-state index contributed by atoms with van der Waals surface area (Å²) in [6.07, 6.45) is 2.40. The molecular formula is C7H15NO. The molecule has 0 bridgehead atoms. The lowest BCUT2D eigenvalue weighted by atomic mass is 10.2. The summed E-state index contributed by atoms with van der Waals surface area (Å²) in [7, 11) is 0. The molecule has 0 rings (SSSR count). The summed E-state index contributed by atoms with van der Waals surface area (Å²) < 4.78 is 5.19. The average molecular weight is 129 g/mol. The quantitative estimate of drug-likeness (QED) is 0.458. The second kappa shape index (κ2) is 3.64. The highest BCUT2D eigenvalue weighted by atomic mass is 16.5. The molecule has 0 heterocycles. The zero-order valence-electron chi connectivity index (χ0n) is 6.18. The molecule has 0 aliphatic carbocycles. The third-order valence-electron chi connectivity index (χ3n) is 1.31. The maximum Gasteiger partial charge on any atom is 0.135 e. The van der Waals surface area contributed by atoms with Crippen LogP contribution in [0.3, 0.4) is 0 Å². The average Bonchev–Trinajstić information content (AvgIpc) is 1.89. The van der Waals surface area contributed by atoms with Crippen LogP contribution >= 0.6 is 0 Å². The van der Waals surface area contributed by atoms with Gasteiger partial charge >= 0.3 is 0 Å². The second-order valence-corrected chi connectivity index (χ2v) is 1.95. The van der Waals surface area contributed by atoms with E-state index < -0.39 is 5.72 Å². The third-order valence-corrected chi connectivity index (χ3v) is 1.31. The van der Waals surface area contributed by atoms with E-state index in [0.717, 1.165) is 6.42 Å². The van der Waals surface area contributed by atoms with Gasteiger partial charge in [-0.3, -0.25) is 0 Å². The molecule has 1 atom stereocenters. The van der Waals surface area contributed by atoms with Crippen LogP contribution in [-0.4, -0.2) is 12.3 Å². The van der Waals surface area contributed by atoms with Crippen LogP contribution in [0.25, 0.3) is 0 Å². The lowest BCUT2D eigenvalue weighted by molar-refractivity contribution is 0.00156. The van der Waals surface area contributed by atoms with Crippen LogP contribution in [0.4, 0.5) is 0 Å². The van der Waals surface area contributed by atoms with E-state index in [4.69, 9.17) is 10.5 Å². The van der Waals surface area contributed by atoms with Crippen LogP contribution < -0.4 is 5.73 Å². The van der Waals surface area contributed by atoms with Gasteiger partial charge in [-0.1, -0.05) is 13.5 Å². The molecular weight excluding hydrogens is 114 g/mol. The molecule has 2 N–H and O–H groups in total. The van der Waals surface area contributed by atoms with Crippen molar-refractivity contribution < 1.29 is 4.74 Å². The lowest BCUT2D eigenvalue weighted by Gasteiger charge is -2.23. The smallest absolute Gasteiger partial charge is 0.135 e. The first kappa shape index (κ1) is 8.66. The third kappa shape index (κ3) is 2.63. The van der Waals surface area contributed by atoms with Gasteiger partial charge in [0.15, 0.2) is 0 Å². The van der Waals surface area contributed by atoms with Crippen molar-refractivity contribution in [1.29, 1.82) is 0 Å². The van der Waals surface area contributed by atoms with Crippen molar-refractivity contribution in [3.63, 3.8) is 0 Å². The van der Waals surface area contributed by atoms with E-state index in [2.05, 4.69) is 6.58 Å². The van der Waals surface area contributed by atoms with Crippen molar-refractivity contribution in [1.82, 2.24) is 0 Å². The Morgan fingerprint density at radius 1 is 1.67 bits per heavy atom. The van der Waals surface area contributed by atoms with E-state index in [9.17, 15) is 0 Å². The Morgan fingerprint density at radius 2 is 2.22 bits per heavy atom. The van der Waals surface area contributed by atoms with Crippen LogP contribution in [0.15, 0.2) is 12.7 Å². The SMILES string of the molecule is C=CC(N)(CC)OCC. The van der Waals surface area contributed by atoms with Gasteiger partial charge in [0.25, 0.3) is 0 Å². The minimum atomic E-state index is -0.602. The van der Waals surface area contributed by atoms with E-state index in [1.54, 1.807) is 6.08 Å². The minimum absolute atomic E-state index is 0.602. The summed E-state index contributed by atoms with van der Waals surface area (Å²) in [5, 5.41) is 0. The van der Waals surface area contributed by atoms with Crippen molar-refractivity contribution in [3.05, 3.63) is 12.7 Å². The standard InChI is InChI=1S/C7H15NO/c1-4-7(8,5-2)9-6-3/h4H,1,5-6,8H2,2-3H3. The lowest BCUT2D eigenvalue weighted by Crippen LogP contribution is -2.39. The fourth-order valence-corrected chi connectivity index (χ4v) is 0.574. The molecule has 0 aromatic carbocycles. The monoisotopic (exact) mass is 129 g/mol. The molecule has 0 aromatic rings. The molecule has 0 aromatic heterocycles. The molecule has 0 amide bonds. The molecule has 0 aliphatic heterocycles. The molecule has 0 aliphatic rings. The number of hydrogen-bond acceptors (Lipinski definition) is 2. The summed E-state index contributed by atoms with van der Waals surface area (Å²) in [6.45, 7) is 8.09. The van der Waals surface area contributed by atoms with Crippen molar-refractivity contribution in [2.75, 3.05) is 6.61 Å². The summed E-state index contributed by atoms with van der Waals surface area (Å²) in [6, 6.07) is 0. The Hall–Kier alpha value is -0.340. The molecule has 54 valence electrons. The molecule has 0 radical (unpaired) electrons. The van der Waals surface area contributed by atoms with Crippen LogP contribution in [-0.2, 0) is 4.74 Å². The van der Waals surface area contributed by atoms with Gasteiger partial charge in [-0.25, -0.2) is 0 Å². The number of nitrogens with two attached hydrogens (primary N) is 1. The fraction of sp³-hybridized carbons (Fsp3) is 0.714. The summed E-state index contributed by atoms with van der Waals surface area (Å²) in [4.78, 5) is 0. The first-order chi connectivity index (χ1) is 4.18. The van der Waals surface area contributed by atoms with Crippen LogP contribution in [0.1, 0.15) is 20.3 Å². The summed E-state index contributed by atoms with van der Waals surface area (Å²) >= 11 is 0. The van der Waals surface area contributed by atoms with Crippen molar-refractivity contribution >= 4 is 0 Å². The molecule has 0 fully saturated rings. The predicted octanol–water partition coefficient (Wildman–Crippen LogP) is 1.27. The molecule has 9 heavy (non-hydrogen) atoms. The highest BCUT2D eigenvalue weighted by Gasteiger charge is 2.16. The first-order valence-electron chi connectivity index (χ1n) is 3.25. The topological polar surface area (TPSA) is 35.2 Å². The Labute approximate surface area is 56.7 Å². The number of hydrogen-bond donors (Lipinski definition) is 1. The van der Waals surface area contributed by atoms with Gasteiger partial charge in [0.1, 0.15) is 5.72 Å². The maximum absolute atomic E-state index is 5.67.